The molecule has 1 saturated heterocycles. The van der Waals surface area contributed by atoms with Crippen LogP contribution in [-0.2, 0) is 4.79 Å². The maximum Gasteiger partial charge on any atom is 0.242 e. The second-order valence-electron chi connectivity index (χ2n) is 8.06. The first-order valence-electron chi connectivity index (χ1n) is 10.4. The predicted octanol–water partition coefficient (Wildman–Crippen LogP) is 4.98. The number of carbonyl (C=O) groups is 1. The third kappa shape index (κ3) is 4.05. The van der Waals surface area contributed by atoms with Gasteiger partial charge in [0, 0.05) is 23.0 Å². The number of benzene rings is 1. The Morgan fingerprint density at radius 2 is 2.07 bits per heavy atom. The molecule has 156 valence electrons. The number of rotatable bonds is 5. The second-order valence-corrected chi connectivity index (χ2v) is 8.98. The van der Waals surface area contributed by atoms with E-state index < -0.39 is 0 Å². The smallest absolute Gasteiger partial charge is 0.242 e. The van der Waals surface area contributed by atoms with E-state index >= 15 is 0 Å². The Bertz CT molecular complexity index is 1060. The van der Waals surface area contributed by atoms with Gasteiger partial charge < -0.3 is 15.3 Å². The summed E-state index contributed by atoms with van der Waals surface area (Å²) < 4.78 is 0. The fraction of sp³-hybridized carbons (Fsp3) is 0.333. The number of hydrogen-bond acceptors (Lipinski definition) is 5. The molecule has 1 aliphatic rings. The average molecular weight is 422 g/mol. The highest BCUT2D eigenvalue weighted by atomic mass is 32.1. The first-order chi connectivity index (χ1) is 14.4. The van der Waals surface area contributed by atoms with Crippen molar-refractivity contribution in [1.29, 1.82) is 0 Å². The number of anilines is 1. The number of hydrogen-bond donors (Lipinski definition) is 2. The van der Waals surface area contributed by atoms with Crippen LogP contribution in [0.4, 0.5) is 5.82 Å². The molecule has 1 fully saturated rings. The number of para-hydroxylation sites is 1. The maximum atomic E-state index is 12.8. The second kappa shape index (κ2) is 8.48. The number of pyridine rings is 1. The number of phenolic OH excluding ortho intramolecular Hbond substituents is 1. The molecule has 5 nitrogen and oxygen atoms in total. The summed E-state index contributed by atoms with van der Waals surface area (Å²) in [5, 5.41) is 15.5. The highest BCUT2D eigenvalue weighted by Crippen LogP contribution is 2.37. The lowest BCUT2D eigenvalue weighted by atomic mass is 10.1. The molecule has 0 unspecified atom stereocenters. The molecule has 1 aromatic carbocycles. The normalized spacial score (nSPS) is 16.3. The molecule has 4 rings (SSSR count). The van der Waals surface area contributed by atoms with Crippen LogP contribution in [0.1, 0.15) is 32.3 Å². The summed E-state index contributed by atoms with van der Waals surface area (Å²) in [5.74, 6) is 1.03. The Morgan fingerprint density at radius 1 is 1.27 bits per heavy atom. The van der Waals surface area contributed by atoms with E-state index in [-0.39, 0.29) is 23.7 Å². The lowest BCUT2D eigenvalue weighted by molar-refractivity contribution is -0.122. The average Bonchev–Trinajstić information content (AvgIpc) is 3.36. The standard InChI is InChI=1S/C24H27N3O2S/c1-15(2)25-24(29)20-8-6-11-27(20)22-14-17(23-16(3)10-12-30-23)13-19(26-22)18-7-4-5-9-21(18)28/h4-5,7,9-10,12-15,20,28H,6,8,11H2,1-3H3,(H,25,29)/t20-/m0/s1. The molecule has 0 aliphatic carbocycles. The van der Waals surface area contributed by atoms with E-state index in [0.717, 1.165) is 30.8 Å². The minimum atomic E-state index is -0.225. The van der Waals surface area contributed by atoms with Crippen LogP contribution >= 0.6 is 11.3 Å². The Morgan fingerprint density at radius 3 is 2.77 bits per heavy atom. The molecule has 3 aromatic rings. The number of aryl methyl sites for hydroxylation is 1. The van der Waals surface area contributed by atoms with Gasteiger partial charge in [0.15, 0.2) is 0 Å². The molecular formula is C24H27N3O2S. The third-order valence-corrected chi connectivity index (χ3v) is 6.46. The highest BCUT2D eigenvalue weighted by molar-refractivity contribution is 7.13. The van der Waals surface area contributed by atoms with Crippen LogP contribution in [0, 0.1) is 6.92 Å². The molecule has 1 atom stereocenters. The van der Waals surface area contributed by atoms with Gasteiger partial charge in [-0.3, -0.25) is 4.79 Å². The number of amides is 1. The van der Waals surface area contributed by atoms with Crippen molar-refractivity contribution in [2.75, 3.05) is 11.4 Å². The van der Waals surface area contributed by atoms with Crippen LogP contribution < -0.4 is 10.2 Å². The monoisotopic (exact) mass is 421 g/mol. The summed E-state index contributed by atoms with van der Waals surface area (Å²) in [6.45, 7) is 6.84. The minimum Gasteiger partial charge on any atom is -0.507 e. The zero-order valence-corrected chi connectivity index (χ0v) is 18.4. The van der Waals surface area contributed by atoms with E-state index in [1.165, 1.54) is 10.4 Å². The maximum absolute atomic E-state index is 12.8. The molecule has 3 heterocycles. The van der Waals surface area contributed by atoms with E-state index in [1.54, 1.807) is 23.5 Å². The van der Waals surface area contributed by atoms with Crippen molar-refractivity contribution in [3.63, 3.8) is 0 Å². The van der Waals surface area contributed by atoms with E-state index in [0.29, 0.717) is 11.3 Å². The number of aromatic nitrogens is 1. The predicted molar refractivity (Wildman–Crippen MR) is 123 cm³/mol. The molecule has 1 amide bonds. The van der Waals surface area contributed by atoms with Crippen molar-refractivity contribution in [3.8, 4) is 27.4 Å². The van der Waals surface area contributed by atoms with E-state index in [9.17, 15) is 9.90 Å². The molecule has 0 bridgehead atoms. The molecule has 0 radical (unpaired) electrons. The van der Waals surface area contributed by atoms with Gasteiger partial charge in [-0.15, -0.1) is 11.3 Å². The van der Waals surface area contributed by atoms with E-state index in [4.69, 9.17) is 4.98 Å². The van der Waals surface area contributed by atoms with Crippen molar-refractivity contribution in [3.05, 3.63) is 53.4 Å². The van der Waals surface area contributed by atoms with Gasteiger partial charge in [0.2, 0.25) is 5.91 Å². The minimum absolute atomic E-state index is 0.0473. The lowest BCUT2D eigenvalue weighted by Gasteiger charge is -2.26. The Balaban J connectivity index is 1.81. The van der Waals surface area contributed by atoms with Gasteiger partial charge in [-0.05, 0) is 80.5 Å². The van der Waals surface area contributed by atoms with Crippen molar-refractivity contribution in [1.82, 2.24) is 10.3 Å². The zero-order valence-electron chi connectivity index (χ0n) is 17.6. The van der Waals surface area contributed by atoms with Gasteiger partial charge in [-0.2, -0.15) is 0 Å². The fourth-order valence-electron chi connectivity index (χ4n) is 3.99. The molecule has 6 heteroatoms. The van der Waals surface area contributed by atoms with Gasteiger partial charge in [0.05, 0.1) is 5.69 Å². The number of carbonyl (C=O) groups excluding carboxylic acids is 1. The number of phenols is 1. The number of aromatic hydroxyl groups is 1. The molecule has 2 N–H and O–H groups in total. The lowest BCUT2D eigenvalue weighted by Crippen LogP contribution is -2.45. The summed E-state index contributed by atoms with van der Waals surface area (Å²) in [4.78, 5) is 21.0. The summed E-state index contributed by atoms with van der Waals surface area (Å²) in [6, 6.07) is 13.3. The van der Waals surface area contributed by atoms with Gasteiger partial charge in [0.25, 0.3) is 0 Å². The quantitative estimate of drug-likeness (QED) is 0.609. The van der Waals surface area contributed by atoms with Crippen LogP contribution in [0.25, 0.3) is 21.7 Å². The van der Waals surface area contributed by atoms with Crippen molar-refractivity contribution in [2.45, 2.75) is 45.7 Å². The fourth-order valence-corrected chi connectivity index (χ4v) is 4.90. The van der Waals surface area contributed by atoms with Crippen LogP contribution in [0.5, 0.6) is 5.75 Å². The first kappa shape index (κ1) is 20.4. The summed E-state index contributed by atoms with van der Waals surface area (Å²) in [5.41, 5.74) is 3.66. The third-order valence-electron chi connectivity index (χ3n) is 5.40. The van der Waals surface area contributed by atoms with Crippen molar-refractivity contribution in [2.24, 2.45) is 0 Å². The topological polar surface area (TPSA) is 65.5 Å². The molecule has 2 aromatic heterocycles. The van der Waals surface area contributed by atoms with Crippen molar-refractivity contribution < 1.29 is 9.90 Å². The first-order valence-corrected chi connectivity index (χ1v) is 11.2. The summed E-state index contributed by atoms with van der Waals surface area (Å²) >= 11 is 1.69. The van der Waals surface area contributed by atoms with Crippen LogP contribution in [-0.4, -0.2) is 34.6 Å². The van der Waals surface area contributed by atoms with Crippen LogP contribution in [0.2, 0.25) is 0 Å². The van der Waals surface area contributed by atoms with Gasteiger partial charge in [-0.1, -0.05) is 12.1 Å². The molecule has 0 spiro atoms. The highest BCUT2D eigenvalue weighted by Gasteiger charge is 2.32. The largest absolute Gasteiger partial charge is 0.507 e. The molecule has 1 aliphatic heterocycles. The van der Waals surface area contributed by atoms with Crippen LogP contribution in [0.15, 0.2) is 47.8 Å². The SMILES string of the molecule is Cc1ccsc1-c1cc(-c2ccccc2O)nc(N2CCC[C@H]2C(=O)NC(C)C)c1. The van der Waals surface area contributed by atoms with Gasteiger partial charge in [-0.25, -0.2) is 4.98 Å². The molecule has 0 saturated carbocycles. The van der Waals surface area contributed by atoms with Gasteiger partial charge in [0.1, 0.15) is 17.6 Å². The van der Waals surface area contributed by atoms with Gasteiger partial charge >= 0.3 is 0 Å². The number of nitrogens with one attached hydrogen (secondary N) is 1. The molecular weight excluding hydrogens is 394 g/mol. The summed E-state index contributed by atoms with van der Waals surface area (Å²) in [6.07, 6.45) is 1.76. The van der Waals surface area contributed by atoms with Crippen molar-refractivity contribution >= 4 is 23.1 Å². The van der Waals surface area contributed by atoms with Crippen LogP contribution in [0.3, 0.4) is 0 Å². The summed E-state index contributed by atoms with van der Waals surface area (Å²) in [7, 11) is 0. The number of nitrogens with zero attached hydrogens (tertiary/aromatic N) is 2. The zero-order chi connectivity index (χ0) is 21.3. The Labute approximate surface area is 181 Å². The Kier molecular flexibility index (Phi) is 5.77. The molecule has 30 heavy (non-hydrogen) atoms. The Hall–Kier alpha value is -2.86. The van der Waals surface area contributed by atoms with E-state index in [1.807, 2.05) is 32.0 Å². The number of thiophene rings is 1. The van der Waals surface area contributed by atoms with E-state index in [2.05, 4.69) is 34.7 Å².